The standard InChI is InChI=1S/C17H20N4O3/c22-16(23)9-8-15-3-1-2-10-21(15)17(24)13-4-6-14(7-5-13)20-11-18-19-12-20/h4-7,11-12,15H,1-3,8-10H2,(H,22,23)/t15-/m1/s1. The summed E-state index contributed by atoms with van der Waals surface area (Å²) in [4.78, 5) is 25.5. The van der Waals surface area contributed by atoms with Crippen LogP contribution in [0.1, 0.15) is 42.5 Å². The van der Waals surface area contributed by atoms with Crippen LogP contribution in [0.5, 0.6) is 0 Å². The second-order valence-electron chi connectivity index (χ2n) is 6.00. The molecular formula is C17H20N4O3. The van der Waals surface area contributed by atoms with Gasteiger partial charge in [0.2, 0.25) is 0 Å². The highest BCUT2D eigenvalue weighted by molar-refractivity contribution is 5.94. The normalized spacial score (nSPS) is 17.7. The molecule has 0 radical (unpaired) electrons. The summed E-state index contributed by atoms with van der Waals surface area (Å²) in [6, 6.07) is 7.31. The molecule has 3 rings (SSSR count). The van der Waals surface area contributed by atoms with Gasteiger partial charge in [-0.1, -0.05) is 0 Å². The second kappa shape index (κ2) is 7.25. The Balaban J connectivity index is 1.72. The van der Waals surface area contributed by atoms with Crippen LogP contribution in [-0.2, 0) is 4.79 Å². The zero-order chi connectivity index (χ0) is 16.9. The molecule has 1 aliphatic rings. The van der Waals surface area contributed by atoms with E-state index in [2.05, 4.69) is 10.2 Å². The smallest absolute Gasteiger partial charge is 0.303 e. The zero-order valence-electron chi connectivity index (χ0n) is 13.3. The Morgan fingerprint density at radius 3 is 2.50 bits per heavy atom. The molecule has 2 heterocycles. The summed E-state index contributed by atoms with van der Waals surface area (Å²) in [5.74, 6) is -0.841. The number of benzene rings is 1. The quantitative estimate of drug-likeness (QED) is 0.908. The van der Waals surface area contributed by atoms with Crippen LogP contribution in [0.2, 0.25) is 0 Å². The summed E-state index contributed by atoms with van der Waals surface area (Å²) in [5.41, 5.74) is 1.51. The molecule has 24 heavy (non-hydrogen) atoms. The number of carboxylic acids is 1. The fraction of sp³-hybridized carbons (Fsp3) is 0.412. The van der Waals surface area contributed by atoms with Gasteiger partial charge < -0.3 is 10.0 Å². The van der Waals surface area contributed by atoms with Crippen molar-refractivity contribution in [2.75, 3.05) is 6.54 Å². The summed E-state index contributed by atoms with van der Waals surface area (Å²) < 4.78 is 1.77. The number of hydrogen-bond donors (Lipinski definition) is 1. The number of piperidine rings is 1. The molecular weight excluding hydrogens is 308 g/mol. The van der Waals surface area contributed by atoms with Crippen LogP contribution in [0.25, 0.3) is 5.69 Å². The highest BCUT2D eigenvalue weighted by Crippen LogP contribution is 2.23. The van der Waals surface area contributed by atoms with E-state index in [9.17, 15) is 9.59 Å². The number of carbonyl (C=O) groups is 2. The third-order valence-corrected chi connectivity index (χ3v) is 4.41. The Kier molecular flexibility index (Phi) is 4.88. The van der Waals surface area contributed by atoms with Crippen LogP contribution in [-0.4, -0.2) is 49.2 Å². The molecule has 1 aromatic carbocycles. The minimum absolute atomic E-state index is 0.0138. The number of nitrogens with zero attached hydrogens (tertiary/aromatic N) is 4. The largest absolute Gasteiger partial charge is 0.481 e. The zero-order valence-corrected chi connectivity index (χ0v) is 13.3. The lowest BCUT2D eigenvalue weighted by Gasteiger charge is -2.35. The first-order valence-electron chi connectivity index (χ1n) is 8.13. The van der Waals surface area contributed by atoms with Crippen molar-refractivity contribution in [3.8, 4) is 5.69 Å². The van der Waals surface area contributed by atoms with E-state index in [0.717, 1.165) is 24.9 Å². The fourth-order valence-electron chi connectivity index (χ4n) is 3.13. The summed E-state index contributed by atoms with van der Waals surface area (Å²) in [6.07, 6.45) is 6.69. The number of aliphatic carboxylic acids is 1. The molecule has 0 unspecified atom stereocenters. The highest BCUT2D eigenvalue weighted by Gasteiger charge is 2.27. The maximum Gasteiger partial charge on any atom is 0.303 e. The molecule has 7 heteroatoms. The molecule has 1 amide bonds. The number of aromatic nitrogens is 3. The Bertz CT molecular complexity index is 697. The van der Waals surface area contributed by atoms with Crippen LogP contribution < -0.4 is 0 Å². The molecule has 1 fully saturated rings. The first-order valence-corrected chi connectivity index (χ1v) is 8.13. The second-order valence-corrected chi connectivity index (χ2v) is 6.00. The van der Waals surface area contributed by atoms with Crippen molar-refractivity contribution >= 4 is 11.9 Å². The summed E-state index contributed by atoms with van der Waals surface area (Å²) in [7, 11) is 0. The van der Waals surface area contributed by atoms with E-state index in [0.29, 0.717) is 18.5 Å². The Morgan fingerprint density at radius 1 is 1.12 bits per heavy atom. The van der Waals surface area contributed by atoms with Crippen LogP contribution in [0.4, 0.5) is 0 Å². The van der Waals surface area contributed by atoms with Gasteiger partial charge in [0.15, 0.2) is 0 Å². The van der Waals surface area contributed by atoms with Crippen molar-refractivity contribution in [2.45, 2.75) is 38.1 Å². The van der Waals surface area contributed by atoms with E-state index in [1.54, 1.807) is 29.4 Å². The van der Waals surface area contributed by atoms with Crippen LogP contribution in [0.3, 0.4) is 0 Å². The minimum Gasteiger partial charge on any atom is -0.481 e. The van der Waals surface area contributed by atoms with Crippen molar-refractivity contribution in [2.24, 2.45) is 0 Å². The molecule has 1 aromatic heterocycles. The number of carbonyl (C=O) groups excluding carboxylic acids is 1. The maximum atomic E-state index is 12.8. The predicted molar refractivity (Wildman–Crippen MR) is 86.9 cm³/mol. The molecule has 0 bridgehead atoms. The molecule has 0 aliphatic carbocycles. The van der Waals surface area contributed by atoms with E-state index in [1.807, 2.05) is 17.0 Å². The van der Waals surface area contributed by atoms with Gasteiger partial charge in [0.05, 0.1) is 0 Å². The summed E-state index contributed by atoms with van der Waals surface area (Å²) in [5, 5.41) is 16.4. The Labute approximate surface area is 139 Å². The Hall–Kier alpha value is -2.70. The first-order chi connectivity index (χ1) is 11.6. The van der Waals surface area contributed by atoms with E-state index in [4.69, 9.17) is 5.11 Å². The maximum absolute atomic E-state index is 12.8. The average Bonchev–Trinajstić information content (AvgIpc) is 3.14. The third kappa shape index (κ3) is 3.61. The lowest BCUT2D eigenvalue weighted by molar-refractivity contribution is -0.137. The monoisotopic (exact) mass is 328 g/mol. The van der Waals surface area contributed by atoms with Crippen LogP contribution >= 0.6 is 0 Å². The van der Waals surface area contributed by atoms with Crippen molar-refractivity contribution < 1.29 is 14.7 Å². The van der Waals surface area contributed by atoms with E-state index in [-0.39, 0.29) is 18.4 Å². The molecule has 126 valence electrons. The van der Waals surface area contributed by atoms with Crippen molar-refractivity contribution in [1.29, 1.82) is 0 Å². The van der Waals surface area contributed by atoms with E-state index >= 15 is 0 Å². The fourth-order valence-corrected chi connectivity index (χ4v) is 3.13. The van der Waals surface area contributed by atoms with E-state index < -0.39 is 5.97 Å². The molecule has 7 nitrogen and oxygen atoms in total. The van der Waals surface area contributed by atoms with Gasteiger partial charge in [-0.25, -0.2) is 0 Å². The van der Waals surface area contributed by atoms with Gasteiger partial charge in [-0.2, -0.15) is 0 Å². The average molecular weight is 328 g/mol. The van der Waals surface area contributed by atoms with Gasteiger partial charge in [-0.3, -0.25) is 14.2 Å². The van der Waals surface area contributed by atoms with Gasteiger partial charge in [0.1, 0.15) is 12.7 Å². The molecule has 1 N–H and O–H groups in total. The predicted octanol–water partition coefficient (Wildman–Crippen LogP) is 2.13. The van der Waals surface area contributed by atoms with Gasteiger partial charge >= 0.3 is 5.97 Å². The van der Waals surface area contributed by atoms with Crippen molar-refractivity contribution in [3.63, 3.8) is 0 Å². The van der Waals surface area contributed by atoms with Crippen LogP contribution in [0.15, 0.2) is 36.9 Å². The topological polar surface area (TPSA) is 88.3 Å². The van der Waals surface area contributed by atoms with Crippen molar-refractivity contribution in [1.82, 2.24) is 19.7 Å². The molecule has 0 saturated carbocycles. The summed E-state index contributed by atoms with van der Waals surface area (Å²) in [6.45, 7) is 0.691. The number of rotatable bonds is 5. The lowest BCUT2D eigenvalue weighted by atomic mass is 9.97. The first kappa shape index (κ1) is 16.2. The van der Waals surface area contributed by atoms with Gasteiger partial charge in [0.25, 0.3) is 5.91 Å². The van der Waals surface area contributed by atoms with Crippen molar-refractivity contribution in [3.05, 3.63) is 42.5 Å². The molecule has 1 aliphatic heterocycles. The minimum atomic E-state index is -0.814. The number of amides is 1. The lowest BCUT2D eigenvalue weighted by Crippen LogP contribution is -2.43. The highest BCUT2D eigenvalue weighted by atomic mass is 16.4. The molecule has 0 spiro atoms. The third-order valence-electron chi connectivity index (χ3n) is 4.41. The SMILES string of the molecule is O=C(O)CC[C@H]1CCCCN1C(=O)c1ccc(-n2cnnc2)cc1. The molecule has 2 aromatic rings. The van der Waals surface area contributed by atoms with Gasteiger partial charge in [-0.15, -0.1) is 10.2 Å². The molecule has 1 saturated heterocycles. The molecule has 1 atom stereocenters. The van der Waals surface area contributed by atoms with Crippen LogP contribution in [0, 0.1) is 0 Å². The van der Waals surface area contributed by atoms with Gasteiger partial charge in [0, 0.05) is 30.3 Å². The van der Waals surface area contributed by atoms with E-state index in [1.165, 1.54) is 0 Å². The number of hydrogen-bond acceptors (Lipinski definition) is 4. The van der Waals surface area contributed by atoms with Gasteiger partial charge in [-0.05, 0) is 49.9 Å². The summed E-state index contributed by atoms with van der Waals surface area (Å²) >= 11 is 0. The number of likely N-dealkylation sites (tertiary alicyclic amines) is 1. The number of carboxylic acid groups (broad SMARTS) is 1. The Morgan fingerprint density at radius 2 is 1.83 bits per heavy atom.